The normalized spacial score (nSPS) is 19.9. The molecule has 1 saturated carbocycles. The average Bonchev–Trinajstić information content (AvgIpc) is 3.32. The molecule has 34 heavy (non-hydrogen) atoms. The number of carbonyl (C=O) groups excluding carboxylic acids is 1. The zero-order valence-electron chi connectivity index (χ0n) is 21.2. The van der Waals surface area contributed by atoms with Gasteiger partial charge in [-0.15, -0.1) is 11.8 Å². The van der Waals surface area contributed by atoms with Crippen LogP contribution in [0.15, 0.2) is 24.3 Å². The lowest BCUT2D eigenvalue weighted by Gasteiger charge is -2.29. The molecular weight excluding hydrogens is 462 g/mol. The molecule has 2 aliphatic rings. The van der Waals surface area contributed by atoms with E-state index in [9.17, 15) is 4.79 Å². The highest BCUT2D eigenvalue weighted by Crippen LogP contribution is 2.28. The first kappa shape index (κ1) is 27.3. The van der Waals surface area contributed by atoms with Crippen molar-refractivity contribution in [1.82, 2.24) is 15.5 Å². The summed E-state index contributed by atoms with van der Waals surface area (Å²) < 4.78 is 5.26. The van der Waals surface area contributed by atoms with Gasteiger partial charge in [-0.05, 0) is 42.4 Å². The molecular formula is C27H43N3O2S2. The predicted molar refractivity (Wildman–Crippen MR) is 147 cm³/mol. The first-order chi connectivity index (χ1) is 16.5. The van der Waals surface area contributed by atoms with E-state index in [0.717, 1.165) is 41.3 Å². The van der Waals surface area contributed by atoms with Crippen molar-refractivity contribution in [1.29, 1.82) is 0 Å². The maximum absolute atomic E-state index is 12.7. The van der Waals surface area contributed by atoms with Crippen LogP contribution in [0.4, 0.5) is 0 Å². The van der Waals surface area contributed by atoms with Crippen LogP contribution in [0.25, 0.3) is 0 Å². The third kappa shape index (κ3) is 8.72. The number of rotatable bonds is 12. The Kier molecular flexibility index (Phi) is 11.5. The van der Waals surface area contributed by atoms with Gasteiger partial charge in [-0.3, -0.25) is 4.79 Å². The molecule has 2 N–H and O–H groups in total. The van der Waals surface area contributed by atoms with Gasteiger partial charge in [-0.25, -0.2) is 0 Å². The Bertz CT molecular complexity index is 766. The second-order valence-corrected chi connectivity index (χ2v) is 11.7. The number of nitrogens with zero attached hydrogens (tertiary/aromatic N) is 1. The summed E-state index contributed by atoms with van der Waals surface area (Å²) in [4.78, 5) is 15.7. The summed E-state index contributed by atoms with van der Waals surface area (Å²) in [6.45, 7) is 5.74. The lowest BCUT2D eigenvalue weighted by molar-refractivity contribution is -0.132. The molecule has 1 aromatic carbocycles. The summed E-state index contributed by atoms with van der Waals surface area (Å²) in [5.74, 6) is 4.18. The number of thioether (sulfide) groups is 1. The largest absolute Gasteiger partial charge is 0.497 e. The molecule has 3 rings (SSSR count). The van der Waals surface area contributed by atoms with Crippen molar-refractivity contribution in [2.24, 2.45) is 11.8 Å². The monoisotopic (exact) mass is 505 g/mol. The summed E-state index contributed by atoms with van der Waals surface area (Å²) in [6, 6.07) is 8.51. The number of benzene rings is 1. The van der Waals surface area contributed by atoms with Crippen molar-refractivity contribution >= 4 is 34.9 Å². The molecule has 190 valence electrons. The molecule has 0 unspecified atom stereocenters. The van der Waals surface area contributed by atoms with Crippen LogP contribution in [-0.4, -0.2) is 53.2 Å². The average molecular weight is 506 g/mol. The van der Waals surface area contributed by atoms with Gasteiger partial charge in [0.2, 0.25) is 5.91 Å². The SMILES string of the molecule is COc1ccc(CNC(=S)[C@@H](CCC2CCCCC2)NC[C@@H]2CSCN2C(=O)CC(C)C)cc1. The molecule has 5 nitrogen and oxygen atoms in total. The molecule has 1 saturated heterocycles. The molecule has 1 heterocycles. The Labute approximate surface area is 216 Å². The van der Waals surface area contributed by atoms with E-state index in [1.54, 1.807) is 7.11 Å². The minimum Gasteiger partial charge on any atom is -0.497 e. The second kappa shape index (κ2) is 14.3. The molecule has 2 atom stereocenters. The van der Waals surface area contributed by atoms with Crippen LogP contribution >= 0.6 is 24.0 Å². The minimum absolute atomic E-state index is 0.142. The minimum atomic E-state index is 0.142. The van der Waals surface area contributed by atoms with Gasteiger partial charge in [-0.2, -0.15) is 0 Å². The van der Waals surface area contributed by atoms with Crippen molar-refractivity contribution in [2.75, 3.05) is 25.3 Å². The number of nitrogens with one attached hydrogen (secondary N) is 2. The fourth-order valence-electron chi connectivity index (χ4n) is 4.93. The quantitative estimate of drug-likeness (QED) is 0.372. The molecule has 0 bridgehead atoms. The van der Waals surface area contributed by atoms with Crippen molar-refractivity contribution in [3.05, 3.63) is 29.8 Å². The van der Waals surface area contributed by atoms with E-state index < -0.39 is 0 Å². The Morgan fingerprint density at radius 1 is 1.21 bits per heavy atom. The summed E-state index contributed by atoms with van der Waals surface area (Å²) in [5.41, 5.74) is 1.19. The Hall–Kier alpha value is -1.31. The lowest BCUT2D eigenvalue weighted by Crippen LogP contribution is -2.49. The van der Waals surface area contributed by atoms with E-state index in [-0.39, 0.29) is 18.0 Å². The number of thiocarbonyl (C=S) groups is 1. The number of amides is 1. The zero-order valence-corrected chi connectivity index (χ0v) is 22.8. The van der Waals surface area contributed by atoms with Gasteiger partial charge in [0.25, 0.3) is 0 Å². The Balaban J connectivity index is 1.56. The summed E-state index contributed by atoms with van der Waals surface area (Å²) in [7, 11) is 1.69. The highest BCUT2D eigenvalue weighted by Gasteiger charge is 2.30. The molecule has 1 aliphatic carbocycles. The van der Waals surface area contributed by atoms with Crippen LogP contribution in [0.5, 0.6) is 5.75 Å². The number of methoxy groups -OCH3 is 1. The second-order valence-electron chi connectivity index (χ2n) is 10.2. The van der Waals surface area contributed by atoms with Crippen molar-refractivity contribution in [2.45, 2.75) is 83.8 Å². The predicted octanol–water partition coefficient (Wildman–Crippen LogP) is 5.38. The van der Waals surface area contributed by atoms with Gasteiger partial charge >= 0.3 is 0 Å². The van der Waals surface area contributed by atoms with E-state index >= 15 is 0 Å². The molecule has 7 heteroatoms. The zero-order chi connectivity index (χ0) is 24.3. The van der Waals surface area contributed by atoms with Crippen molar-refractivity contribution < 1.29 is 9.53 Å². The van der Waals surface area contributed by atoms with Gasteiger partial charge in [0.05, 0.1) is 30.1 Å². The van der Waals surface area contributed by atoms with E-state index in [1.165, 1.54) is 44.1 Å². The van der Waals surface area contributed by atoms with Gasteiger partial charge in [-0.1, -0.05) is 70.3 Å². The van der Waals surface area contributed by atoms with Crippen LogP contribution in [0.3, 0.4) is 0 Å². The van der Waals surface area contributed by atoms with E-state index in [2.05, 4.69) is 41.5 Å². The number of hydrogen-bond donors (Lipinski definition) is 2. The summed E-state index contributed by atoms with van der Waals surface area (Å²) in [6.07, 6.45) is 9.75. The fourth-order valence-corrected chi connectivity index (χ4v) is 6.43. The summed E-state index contributed by atoms with van der Waals surface area (Å²) >= 11 is 7.74. The molecule has 2 fully saturated rings. The van der Waals surface area contributed by atoms with Crippen LogP contribution < -0.4 is 15.4 Å². The van der Waals surface area contributed by atoms with E-state index in [4.69, 9.17) is 17.0 Å². The first-order valence-corrected chi connectivity index (χ1v) is 14.5. The molecule has 0 radical (unpaired) electrons. The van der Waals surface area contributed by atoms with Gasteiger partial charge in [0, 0.05) is 25.3 Å². The van der Waals surface area contributed by atoms with Crippen molar-refractivity contribution in [3.63, 3.8) is 0 Å². The molecule has 1 aliphatic heterocycles. The topological polar surface area (TPSA) is 53.6 Å². The molecule has 0 spiro atoms. The fraction of sp³-hybridized carbons (Fsp3) is 0.704. The van der Waals surface area contributed by atoms with Gasteiger partial charge in [0.1, 0.15) is 5.75 Å². The van der Waals surface area contributed by atoms with Gasteiger partial charge < -0.3 is 20.3 Å². The number of hydrogen-bond acceptors (Lipinski definition) is 5. The smallest absolute Gasteiger partial charge is 0.223 e. The van der Waals surface area contributed by atoms with E-state index in [1.807, 2.05) is 23.9 Å². The molecule has 1 aromatic rings. The number of ether oxygens (including phenoxy) is 1. The van der Waals surface area contributed by atoms with Crippen LogP contribution in [0.1, 0.15) is 70.8 Å². The number of carbonyl (C=O) groups is 1. The Morgan fingerprint density at radius 3 is 2.62 bits per heavy atom. The standard InChI is InChI=1S/C27H43N3O2S2/c1-20(2)15-26(31)30-19-34-18-23(30)17-28-25(14-11-21-7-5-4-6-8-21)27(33)29-16-22-9-12-24(32-3)13-10-22/h9-10,12-13,20-21,23,25,28H,4-8,11,14-19H2,1-3H3,(H,29,33)/t23-,25-/m1/s1. The maximum Gasteiger partial charge on any atom is 0.223 e. The third-order valence-corrected chi connectivity index (χ3v) is 8.53. The van der Waals surface area contributed by atoms with Crippen molar-refractivity contribution in [3.8, 4) is 5.75 Å². The van der Waals surface area contributed by atoms with Crippen LogP contribution in [0.2, 0.25) is 0 Å². The molecule has 0 aromatic heterocycles. The highest BCUT2D eigenvalue weighted by molar-refractivity contribution is 7.99. The van der Waals surface area contributed by atoms with E-state index in [0.29, 0.717) is 18.9 Å². The van der Waals surface area contributed by atoms with Crippen LogP contribution in [0, 0.1) is 11.8 Å². The van der Waals surface area contributed by atoms with Gasteiger partial charge in [0.15, 0.2) is 0 Å². The maximum atomic E-state index is 12.7. The van der Waals surface area contributed by atoms with Crippen LogP contribution in [-0.2, 0) is 11.3 Å². The third-order valence-electron chi connectivity index (χ3n) is 7.02. The Morgan fingerprint density at radius 2 is 1.94 bits per heavy atom. The first-order valence-electron chi connectivity index (χ1n) is 13.0. The summed E-state index contributed by atoms with van der Waals surface area (Å²) in [5, 5.41) is 7.26. The highest BCUT2D eigenvalue weighted by atomic mass is 32.2. The lowest BCUT2D eigenvalue weighted by atomic mass is 9.85. The molecule has 1 amide bonds.